The maximum atomic E-state index is 6.14. The van der Waals surface area contributed by atoms with Crippen LogP contribution in [0, 0.1) is 0 Å². The molecule has 1 aromatic carbocycles. The van der Waals surface area contributed by atoms with E-state index in [1.165, 1.54) is 0 Å². The lowest BCUT2D eigenvalue weighted by atomic mass is 10.1. The highest BCUT2D eigenvalue weighted by Gasteiger charge is 2.47. The first-order valence-corrected chi connectivity index (χ1v) is 17.5. The summed E-state index contributed by atoms with van der Waals surface area (Å²) < 4.78 is 15.8. The molecule has 1 saturated carbocycles. The Bertz CT molecular complexity index is 1450. The number of imidazole rings is 1. The molecule has 1 aliphatic heterocycles. The highest BCUT2D eigenvalue weighted by atomic mass is 28.3. The summed E-state index contributed by atoms with van der Waals surface area (Å²) in [5.41, 5.74) is 8.63. The van der Waals surface area contributed by atoms with E-state index in [4.69, 9.17) is 20.2 Å². The Labute approximate surface area is 229 Å². The molecule has 1 unspecified atom stereocenters. The van der Waals surface area contributed by atoms with Crippen molar-refractivity contribution < 1.29 is 9.47 Å². The van der Waals surface area contributed by atoms with Crippen LogP contribution in [0.1, 0.15) is 44.0 Å². The third-order valence-electron chi connectivity index (χ3n) is 7.40. The average molecular weight is 548 g/mol. The lowest BCUT2D eigenvalue weighted by molar-refractivity contribution is -0.0366. The molecule has 1 saturated heterocycles. The molecular formula is C27H37N9O2Si. The van der Waals surface area contributed by atoms with Crippen LogP contribution < -0.4 is 11.1 Å². The molecule has 0 spiro atoms. The van der Waals surface area contributed by atoms with Gasteiger partial charge in [0.25, 0.3) is 0 Å². The highest BCUT2D eigenvalue weighted by molar-refractivity contribution is 6.76. The van der Waals surface area contributed by atoms with E-state index in [0.717, 1.165) is 73.5 Å². The van der Waals surface area contributed by atoms with Crippen LogP contribution in [0.25, 0.3) is 22.3 Å². The number of aromatic nitrogens is 7. The second-order valence-electron chi connectivity index (χ2n) is 11.9. The van der Waals surface area contributed by atoms with Crippen molar-refractivity contribution in [3.05, 3.63) is 42.6 Å². The molecule has 39 heavy (non-hydrogen) atoms. The van der Waals surface area contributed by atoms with Crippen molar-refractivity contribution in [3.8, 4) is 11.4 Å². The van der Waals surface area contributed by atoms with Crippen LogP contribution in [-0.4, -0.2) is 55.6 Å². The van der Waals surface area contributed by atoms with Crippen LogP contribution in [0.4, 0.5) is 11.9 Å². The molecule has 4 heterocycles. The largest absolute Gasteiger partial charge is 0.368 e. The fourth-order valence-corrected chi connectivity index (χ4v) is 5.67. The van der Waals surface area contributed by atoms with Gasteiger partial charge in [-0.05, 0) is 44.2 Å². The lowest BCUT2D eigenvalue weighted by Gasteiger charge is -2.23. The number of fused-ring (bicyclic) bond motifs is 1. The van der Waals surface area contributed by atoms with Crippen LogP contribution >= 0.6 is 0 Å². The van der Waals surface area contributed by atoms with E-state index in [9.17, 15) is 0 Å². The van der Waals surface area contributed by atoms with Gasteiger partial charge in [0.2, 0.25) is 11.9 Å². The second-order valence-corrected chi connectivity index (χ2v) is 17.5. The van der Waals surface area contributed by atoms with Crippen molar-refractivity contribution >= 4 is 30.9 Å². The summed E-state index contributed by atoms with van der Waals surface area (Å²) in [5.74, 6) is 1.13. The third-order valence-corrected chi connectivity index (χ3v) is 9.10. The molecule has 11 nitrogen and oxygen atoms in total. The molecule has 12 heteroatoms. The van der Waals surface area contributed by atoms with Gasteiger partial charge in [-0.3, -0.25) is 0 Å². The number of nitrogens with two attached hydrogens (primary N) is 1. The Morgan fingerprint density at radius 1 is 1.18 bits per heavy atom. The van der Waals surface area contributed by atoms with Gasteiger partial charge >= 0.3 is 0 Å². The molecule has 0 amide bonds. The van der Waals surface area contributed by atoms with E-state index in [1.54, 1.807) is 0 Å². The van der Waals surface area contributed by atoms with Crippen molar-refractivity contribution in [1.82, 2.24) is 34.3 Å². The van der Waals surface area contributed by atoms with Crippen molar-refractivity contribution in [2.24, 2.45) is 0 Å². The number of ether oxygens (including phenoxy) is 2. The van der Waals surface area contributed by atoms with E-state index in [1.807, 2.05) is 40.1 Å². The summed E-state index contributed by atoms with van der Waals surface area (Å²) in [4.78, 5) is 18.3. The Hall–Kier alpha value is -3.35. The molecule has 2 fully saturated rings. The highest BCUT2D eigenvalue weighted by Crippen LogP contribution is 2.47. The monoisotopic (exact) mass is 547 g/mol. The summed E-state index contributed by atoms with van der Waals surface area (Å²) in [7, 11) is -1.11. The molecular weight excluding hydrogens is 510 g/mol. The normalized spacial score (nSPS) is 18.9. The predicted molar refractivity (Wildman–Crippen MR) is 153 cm³/mol. The maximum Gasteiger partial charge on any atom is 0.228 e. The number of rotatable bonds is 10. The molecule has 1 aliphatic carbocycles. The maximum absolute atomic E-state index is 6.14. The molecule has 2 aliphatic rings. The number of nitrogen functional groups attached to an aromatic ring is 1. The first-order valence-electron chi connectivity index (χ1n) is 13.8. The standard InChI is InChI=1S/C27H37N9O2Si/c1-39(2,3)13-12-37-18-35-16-22(29-17-35)27(9-10-27)34-26-32-24(31-25(28)33-26)19-7-8-20-15-30-36(21(20)14-19)23-6-4-5-11-38-23/h7-8,14-17,23H,4-6,9-13,18H2,1-3H3,(H3,28,31,32,33,34). The quantitative estimate of drug-likeness (QED) is 0.213. The minimum Gasteiger partial charge on any atom is -0.368 e. The van der Waals surface area contributed by atoms with Gasteiger partial charge in [0.15, 0.2) is 12.1 Å². The Morgan fingerprint density at radius 3 is 2.82 bits per heavy atom. The van der Waals surface area contributed by atoms with Gasteiger partial charge in [-0.25, -0.2) is 9.67 Å². The first kappa shape index (κ1) is 25.9. The Balaban J connectivity index is 1.19. The molecule has 4 aromatic rings. The third kappa shape index (κ3) is 5.82. The lowest BCUT2D eigenvalue weighted by Crippen LogP contribution is -2.22. The van der Waals surface area contributed by atoms with Gasteiger partial charge < -0.3 is 25.1 Å². The molecule has 3 N–H and O–H groups in total. The van der Waals surface area contributed by atoms with Crippen molar-refractivity contribution in [1.29, 1.82) is 0 Å². The van der Waals surface area contributed by atoms with Gasteiger partial charge in [-0.2, -0.15) is 20.1 Å². The predicted octanol–water partition coefficient (Wildman–Crippen LogP) is 4.78. The van der Waals surface area contributed by atoms with Crippen LogP contribution in [0.5, 0.6) is 0 Å². The summed E-state index contributed by atoms with van der Waals surface area (Å²) in [6, 6.07) is 7.22. The molecule has 3 aromatic heterocycles. The van der Waals surface area contributed by atoms with E-state index < -0.39 is 8.07 Å². The zero-order valence-corrected chi connectivity index (χ0v) is 23.9. The summed E-state index contributed by atoms with van der Waals surface area (Å²) in [5, 5.41) is 9.15. The van der Waals surface area contributed by atoms with Crippen molar-refractivity contribution in [3.63, 3.8) is 0 Å². The van der Waals surface area contributed by atoms with E-state index >= 15 is 0 Å². The topological polar surface area (TPSA) is 131 Å². The molecule has 0 bridgehead atoms. The summed E-state index contributed by atoms with van der Waals surface area (Å²) >= 11 is 0. The number of nitrogens with zero attached hydrogens (tertiary/aromatic N) is 7. The molecule has 6 rings (SSSR count). The fourth-order valence-electron chi connectivity index (χ4n) is 4.91. The van der Waals surface area contributed by atoms with Gasteiger partial charge in [0, 0.05) is 38.4 Å². The fraction of sp³-hybridized carbons (Fsp3) is 0.519. The number of benzene rings is 1. The van der Waals surface area contributed by atoms with Crippen molar-refractivity contribution in [2.75, 3.05) is 24.3 Å². The number of nitrogens with one attached hydrogen (secondary N) is 1. The summed E-state index contributed by atoms with van der Waals surface area (Å²) in [6.45, 7) is 9.10. The van der Waals surface area contributed by atoms with Crippen molar-refractivity contribution in [2.45, 2.75) is 76.3 Å². The smallest absolute Gasteiger partial charge is 0.228 e. The van der Waals surface area contributed by atoms with Crippen LogP contribution in [0.15, 0.2) is 36.9 Å². The van der Waals surface area contributed by atoms with Gasteiger partial charge in [-0.15, -0.1) is 0 Å². The Morgan fingerprint density at radius 2 is 2.05 bits per heavy atom. The average Bonchev–Trinajstić information content (AvgIpc) is 3.32. The van der Waals surface area contributed by atoms with E-state index in [2.05, 4.69) is 51.1 Å². The van der Waals surface area contributed by atoms with E-state index in [-0.39, 0.29) is 17.7 Å². The van der Waals surface area contributed by atoms with Crippen LogP contribution in [0.2, 0.25) is 25.7 Å². The zero-order valence-electron chi connectivity index (χ0n) is 22.9. The van der Waals surface area contributed by atoms with Crippen LogP contribution in [-0.2, 0) is 21.7 Å². The van der Waals surface area contributed by atoms with Gasteiger partial charge in [0.1, 0.15) is 6.73 Å². The SMILES string of the molecule is C[Si](C)(C)CCOCn1cnc(C2(Nc3nc(N)nc(-c4ccc5cnn(C6CCCCO6)c5c4)n3)CC2)c1. The number of hydrogen-bond acceptors (Lipinski definition) is 9. The van der Waals surface area contributed by atoms with Gasteiger partial charge in [0.05, 0.1) is 29.3 Å². The number of anilines is 2. The summed E-state index contributed by atoms with van der Waals surface area (Å²) in [6.07, 6.45) is 10.8. The van der Waals surface area contributed by atoms with Gasteiger partial charge in [-0.1, -0.05) is 31.8 Å². The van der Waals surface area contributed by atoms with E-state index in [0.29, 0.717) is 18.5 Å². The molecule has 206 valence electrons. The molecule has 1 atom stereocenters. The molecule has 0 radical (unpaired) electrons. The Kier molecular flexibility index (Phi) is 6.85. The van der Waals surface area contributed by atoms with Crippen LogP contribution in [0.3, 0.4) is 0 Å². The first-order chi connectivity index (χ1) is 18.8. The minimum atomic E-state index is -1.11. The zero-order chi connectivity index (χ0) is 27.0. The number of hydrogen-bond donors (Lipinski definition) is 2. The second kappa shape index (κ2) is 10.3. The minimum absolute atomic E-state index is 0.0487.